The van der Waals surface area contributed by atoms with Gasteiger partial charge in [0.25, 0.3) is 0 Å². The van der Waals surface area contributed by atoms with E-state index in [1.54, 1.807) is 47.0 Å². The van der Waals surface area contributed by atoms with Gasteiger partial charge >= 0.3 is 0 Å². The van der Waals surface area contributed by atoms with Crippen molar-refractivity contribution in [3.63, 3.8) is 0 Å². The van der Waals surface area contributed by atoms with Crippen LogP contribution in [0.2, 0.25) is 0 Å². The van der Waals surface area contributed by atoms with Gasteiger partial charge in [0.15, 0.2) is 5.78 Å². The fraction of sp³-hybridized carbons (Fsp3) is 0.556. The maximum atomic E-state index is 13.6. The standard InChI is InChI=1S/C27H38N6O5S/c1-16(28-5)25(35)32-24(27(2,3)4)22(34)15-39(37,38)33-12-10-21-23(33)19(14-30-21)26(36)31-18-8-9-20-17(13-18)7-6-11-29-20/h6-9,11,13,16,19,21,23-24,28,30H,10,12,14-15H2,1-5H3,(H,31,36)(H,32,35). The maximum Gasteiger partial charge on any atom is 0.237 e. The van der Waals surface area contributed by atoms with Gasteiger partial charge in [-0.2, -0.15) is 4.31 Å². The average molecular weight is 559 g/mol. The van der Waals surface area contributed by atoms with Gasteiger partial charge in [0.05, 0.1) is 29.6 Å². The molecular weight excluding hydrogens is 520 g/mol. The molecule has 4 rings (SSSR count). The van der Waals surface area contributed by atoms with Crippen LogP contribution in [0.15, 0.2) is 36.5 Å². The summed E-state index contributed by atoms with van der Waals surface area (Å²) in [4.78, 5) is 43.5. The number of likely N-dealkylation sites (N-methyl/N-ethyl adjacent to an activating group) is 1. The molecule has 5 atom stereocenters. The van der Waals surface area contributed by atoms with Crippen molar-refractivity contribution in [2.75, 3.05) is 31.2 Å². The van der Waals surface area contributed by atoms with Crippen LogP contribution in [0.5, 0.6) is 0 Å². The normalized spacial score (nSPS) is 23.3. The number of hydrogen-bond donors (Lipinski definition) is 4. The molecule has 2 aliphatic heterocycles. The zero-order chi connectivity index (χ0) is 28.5. The molecule has 0 saturated carbocycles. The summed E-state index contributed by atoms with van der Waals surface area (Å²) in [5.74, 6) is -2.63. The number of carbonyl (C=O) groups excluding carboxylic acids is 3. The number of pyridine rings is 1. The van der Waals surface area contributed by atoms with Crippen LogP contribution >= 0.6 is 0 Å². The van der Waals surface area contributed by atoms with E-state index >= 15 is 0 Å². The largest absolute Gasteiger partial charge is 0.344 e. The number of aromatic nitrogens is 1. The molecule has 0 aliphatic carbocycles. The van der Waals surface area contributed by atoms with Crippen molar-refractivity contribution in [3.05, 3.63) is 36.5 Å². The number of carbonyl (C=O) groups is 3. The minimum atomic E-state index is -4.06. The SMILES string of the molecule is CNC(C)C(=O)NC(C(=O)CS(=O)(=O)N1CCC2NCC(C(=O)Nc3ccc4ncccc4c3)C21)C(C)(C)C. The number of Topliss-reactive ketones (excluding diaryl/α,β-unsaturated/α-hetero) is 1. The fourth-order valence-corrected chi connectivity index (χ4v) is 7.12. The van der Waals surface area contributed by atoms with Gasteiger partial charge in [-0.25, -0.2) is 8.42 Å². The first-order valence-corrected chi connectivity index (χ1v) is 14.8. The lowest BCUT2D eigenvalue weighted by Crippen LogP contribution is -2.56. The van der Waals surface area contributed by atoms with Gasteiger partial charge in [0.2, 0.25) is 21.8 Å². The van der Waals surface area contributed by atoms with Crippen molar-refractivity contribution in [2.24, 2.45) is 11.3 Å². The Morgan fingerprint density at radius 3 is 2.64 bits per heavy atom. The number of hydrogen-bond acceptors (Lipinski definition) is 8. The highest BCUT2D eigenvalue weighted by atomic mass is 32.2. The highest BCUT2D eigenvalue weighted by Crippen LogP contribution is 2.33. The Bertz CT molecular complexity index is 1360. The van der Waals surface area contributed by atoms with Crippen LogP contribution in [0.1, 0.15) is 34.1 Å². The summed E-state index contributed by atoms with van der Waals surface area (Å²) < 4.78 is 28.5. The molecule has 5 unspecified atom stereocenters. The summed E-state index contributed by atoms with van der Waals surface area (Å²) >= 11 is 0. The molecule has 2 fully saturated rings. The van der Waals surface area contributed by atoms with E-state index in [4.69, 9.17) is 0 Å². The molecule has 11 nitrogen and oxygen atoms in total. The number of amides is 2. The molecule has 2 aromatic rings. The molecule has 0 bridgehead atoms. The third kappa shape index (κ3) is 6.29. The molecule has 212 valence electrons. The maximum absolute atomic E-state index is 13.6. The molecule has 0 radical (unpaired) electrons. The molecule has 4 N–H and O–H groups in total. The Kier molecular flexibility index (Phi) is 8.41. The van der Waals surface area contributed by atoms with Gasteiger partial charge < -0.3 is 21.3 Å². The van der Waals surface area contributed by atoms with Crippen molar-refractivity contribution >= 4 is 44.2 Å². The quantitative estimate of drug-likeness (QED) is 0.354. The van der Waals surface area contributed by atoms with Gasteiger partial charge in [-0.3, -0.25) is 19.4 Å². The lowest BCUT2D eigenvalue weighted by atomic mass is 9.84. The van der Waals surface area contributed by atoms with E-state index in [1.165, 1.54) is 4.31 Å². The van der Waals surface area contributed by atoms with Crippen molar-refractivity contribution < 1.29 is 22.8 Å². The number of anilines is 1. The third-order valence-electron chi connectivity index (χ3n) is 7.61. The summed E-state index contributed by atoms with van der Waals surface area (Å²) in [6.45, 7) is 7.55. The number of sulfonamides is 1. The van der Waals surface area contributed by atoms with Crippen molar-refractivity contribution in [2.45, 2.75) is 58.3 Å². The highest BCUT2D eigenvalue weighted by Gasteiger charge is 2.51. The highest BCUT2D eigenvalue weighted by molar-refractivity contribution is 7.89. The average Bonchev–Trinajstić information content (AvgIpc) is 3.48. The summed E-state index contributed by atoms with van der Waals surface area (Å²) in [7, 11) is -2.43. The van der Waals surface area contributed by atoms with E-state index in [0.29, 0.717) is 18.7 Å². The minimum absolute atomic E-state index is 0.180. The zero-order valence-corrected chi connectivity index (χ0v) is 23.8. The molecule has 0 spiro atoms. The predicted octanol–water partition coefficient (Wildman–Crippen LogP) is 0.873. The number of nitrogens with one attached hydrogen (secondary N) is 4. The Balaban J connectivity index is 1.49. The first-order valence-electron chi connectivity index (χ1n) is 13.2. The van der Waals surface area contributed by atoms with Gasteiger partial charge in [0, 0.05) is 36.4 Å². The van der Waals surface area contributed by atoms with E-state index in [1.807, 2.05) is 24.3 Å². The second kappa shape index (κ2) is 11.3. The van der Waals surface area contributed by atoms with Gasteiger partial charge in [-0.05, 0) is 50.1 Å². The summed E-state index contributed by atoms with van der Waals surface area (Å²) in [6.07, 6.45) is 2.24. The molecule has 2 saturated heterocycles. The fourth-order valence-electron chi connectivity index (χ4n) is 5.37. The monoisotopic (exact) mass is 558 g/mol. The minimum Gasteiger partial charge on any atom is -0.344 e. The predicted molar refractivity (Wildman–Crippen MR) is 149 cm³/mol. The van der Waals surface area contributed by atoms with Gasteiger partial charge in [-0.1, -0.05) is 26.8 Å². The van der Waals surface area contributed by atoms with Crippen LogP contribution < -0.4 is 21.3 Å². The van der Waals surface area contributed by atoms with Crippen LogP contribution in [0.4, 0.5) is 5.69 Å². The Morgan fingerprint density at radius 2 is 1.95 bits per heavy atom. The van der Waals surface area contributed by atoms with Crippen molar-refractivity contribution in [1.82, 2.24) is 25.2 Å². The number of fused-ring (bicyclic) bond motifs is 2. The zero-order valence-electron chi connectivity index (χ0n) is 23.0. The van der Waals surface area contributed by atoms with Crippen LogP contribution in [-0.4, -0.2) is 85.4 Å². The summed E-state index contributed by atoms with van der Waals surface area (Å²) in [6, 6.07) is 6.83. The van der Waals surface area contributed by atoms with E-state index < -0.39 is 51.0 Å². The van der Waals surface area contributed by atoms with E-state index in [-0.39, 0.29) is 24.4 Å². The Morgan fingerprint density at radius 1 is 1.21 bits per heavy atom. The molecule has 2 amide bonds. The van der Waals surface area contributed by atoms with Crippen LogP contribution in [-0.2, 0) is 24.4 Å². The first kappa shape index (κ1) is 29.1. The van der Waals surface area contributed by atoms with Gasteiger partial charge in [-0.15, -0.1) is 0 Å². The third-order valence-corrected chi connectivity index (χ3v) is 9.40. The number of ketones is 1. The molecule has 1 aromatic heterocycles. The van der Waals surface area contributed by atoms with E-state index in [2.05, 4.69) is 26.3 Å². The van der Waals surface area contributed by atoms with E-state index in [0.717, 1.165) is 10.9 Å². The van der Waals surface area contributed by atoms with Crippen LogP contribution in [0, 0.1) is 11.3 Å². The topological polar surface area (TPSA) is 150 Å². The molecule has 2 aliphatic rings. The molecule has 12 heteroatoms. The number of nitrogens with zero attached hydrogens (tertiary/aromatic N) is 2. The smallest absolute Gasteiger partial charge is 0.237 e. The summed E-state index contributed by atoms with van der Waals surface area (Å²) in [5, 5.41) is 12.6. The molecule has 3 heterocycles. The number of benzene rings is 1. The Labute approximate surface area is 229 Å². The van der Waals surface area contributed by atoms with Crippen molar-refractivity contribution in [1.29, 1.82) is 0 Å². The number of rotatable bonds is 9. The van der Waals surface area contributed by atoms with Crippen LogP contribution in [0.25, 0.3) is 10.9 Å². The summed E-state index contributed by atoms with van der Waals surface area (Å²) in [5.41, 5.74) is 0.711. The first-order chi connectivity index (χ1) is 18.3. The molecule has 39 heavy (non-hydrogen) atoms. The van der Waals surface area contributed by atoms with Crippen molar-refractivity contribution in [3.8, 4) is 0 Å². The second-order valence-electron chi connectivity index (χ2n) is 11.5. The lowest BCUT2D eigenvalue weighted by molar-refractivity contribution is -0.129. The molecule has 1 aromatic carbocycles. The van der Waals surface area contributed by atoms with Crippen LogP contribution in [0.3, 0.4) is 0 Å². The Hall–Kier alpha value is -2.93. The lowest BCUT2D eigenvalue weighted by Gasteiger charge is -2.32. The van der Waals surface area contributed by atoms with E-state index in [9.17, 15) is 22.8 Å². The second-order valence-corrected chi connectivity index (χ2v) is 13.4. The molecular formula is C27H38N6O5S. The van der Waals surface area contributed by atoms with Gasteiger partial charge in [0.1, 0.15) is 5.75 Å².